The Kier molecular flexibility index (Phi) is 1.93. The molecule has 0 saturated heterocycles. The summed E-state index contributed by atoms with van der Waals surface area (Å²) >= 11 is 5.88. The minimum Gasteiger partial charge on any atom is -0.0843 e. The molecular formula is C11H10Cl. The third kappa shape index (κ3) is 1.39. The van der Waals surface area contributed by atoms with Crippen LogP contribution in [0.4, 0.5) is 0 Å². The Balaban J connectivity index is 2.43. The number of benzene rings is 1. The maximum atomic E-state index is 5.88. The van der Waals surface area contributed by atoms with E-state index in [1.165, 1.54) is 16.7 Å². The Labute approximate surface area is 77.9 Å². The van der Waals surface area contributed by atoms with E-state index in [0.29, 0.717) is 0 Å². The quantitative estimate of drug-likeness (QED) is 0.570. The van der Waals surface area contributed by atoms with Crippen LogP contribution in [0, 0.1) is 6.42 Å². The molecule has 1 radical (unpaired) electrons. The first kappa shape index (κ1) is 7.88. The highest BCUT2D eigenvalue weighted by Gasteiger charge is 2.08. The van der Waals surface area contributed by atoms with Crippen molar-refractivity contribution in [3.8, 4) is 0 Å². The fourth-order valence-corrected chi connectivity index (χ4v) is 1.66. The van der Waals surface area contributed by atoms with Gasteiger partial charge in [-0.1, -0.05) is 29.3 Å². The van der Waals surface area contributed by atoms with Crippen LogP contribution in [0.5, 0.6) is 0 Å². The summed E-state index contributed by atoms with van der Waals surface area (Å²) in [5.74, 6) is 0. The molecule has 0 unspecified atom stereocenters. The number of halogens is 1. The number of hydrogen-bond acceptors (Lipinski definition) is 0. The van der Waals surface area contributed by atoms with Crippen LogP contribution in [0.25, 0.3) is 0 Å². The summed E-state index contributed by atoms with van der Waals surface area (Å²) in [5.41, 5.74) is 3.97. The van der Waals surface area contributed by atoms with E-state index in [1.54, 1.807) is 0 Å². The van der Waals surface area contributed by atoms with Gasteiger partial charge in [0.05, 0.1) is 0 Å². The maximum Gasteiger partial charge on any atom is 0.0409 e. The van der Waals surface area contributed by atoms with Crippen molar-refractivity contribution in [2.45, 2.75) is 13.3 Å². The van der Waals surface area contributed by atoms with E-state index < -0.39 is 0 Å². The maximum absolute atomic E-state index is 5.88. The van der Waals surface area contributed by atoms with Crippen molar-refractivity contribution in [3.63, 3.8) is 0 Å². The summed E-state index contributed by atoms with van der Waals surface area (Å²) in [7, 11) is 0. The fraction of sp³-hybridized carbons (Fsp3) is 0.182. The summed E-state index contributed by atoms with van der Waals surface area (Å²) < 4.78 is 0. The molecule has 0 bridgehead atoms. The molecule has 1 aliphatic carbocycles. The van der Waals surface area contributed by atoms with Gasteiger partial charge in [-0.25, -0.2) is 0 Å². The van der Waals surface area contributed by atoms with Crippen LogP contribution >= 0.6 is 11.6 Å². The molecule has 12 heavy (non-hydrogen) atoms. The van der Waals surface area contributed by atoms with E-state index in [9.17, 15) is 0 Å². The van der Waals surface area contributed by atoms with Gasteiger partial charge in [-0.05, 0) is 36.6 Å². The SMILES string of the molecule is CC1=CCc2cc(Cl)ccc2[CH]1. The Morgan fingerprint density at radius 1 is 1.33 bits per heavy atom. The zero-order valence-electron chi connectivity index (χ0n) is 6.97. The van der Waals surface area contributed by atoms with Gasteiger partial charge in [0.2, 0.25) is 0 Å². The molecular weight excluding hydrogens is 168 g/mol. The molecule has 0 fully saturated rings. The molecule has 0 aromatic heterocycles. The third-order valence-corrected chi connectivity index (χ3v) is 2.37. The van der Waals surface area contributed by atoms with Crippen LogP contribution in [0.3, 0.4) is 0 Å². The van der Waals surface area contributed by atoms with Gasteiger partial charge in [-0.15, -0.1) is 0 Å². The third-order valence-electron chi connectivity index (χ3n) is 2.13. The van der Waals surface area contributed by atoms with Crippen molar-refractivity contribution in [3.05, 3.63) is 52.4 Å². The van der Waals surface area contributed by atoms with Gasteiger partial charge < -0.3 is 0 Å². The van der Waals surface area contributed by atoms with Gasteiger partial charge in [0.15, 0.2) is 0 Å². The van der Waals surface area contributed by atoms with Crippen molar-refractivity contribution in [2.24, 2.45) is 0 Å². The first-order valence-corrected chi connectivity index (χ1v) is 4.43. The largest absolute Gasteiger partial charge is 0.0843 e. The predicted molar refractivity (Wildman–Crippen MR) is 52.3 cm³/mol. The van der Waals surface area contributed by atoms with Crippen LogP contribution < -0.4 is 0 Å². The summed E-state index contributed by atoms with van der Waals surface area (Å²) in [6.07, 6.45) is 5.42. The molecule has 0 N–H and O–H groups in total. The van der Waals surface area contributed by atoms with E-state index in [4.69, 9.17) is 11.6 Å². The predicted octanol–water partition coefficient (Wildman–Crippen LogP) is 3.39. The molecule has 0 saturated carbocycles. The lowest BCUT2D eigenvalue weighted by molar-refractivity contribution is 1.14. The second kappa shape index (κ2) is 2.95. The second-order valence-corrected chi connectivity index (χ2v) is 3.58. The molecule has 1 aliphatic rings. The van der Waals surface area contributed by atoms with E-state index in [-0.39, 0.29) is 0 Å². The minimum atomic E-state index is 0.829. The smallest absolute Gasteiger partial charge is 0.0409 e. The lowest BCUT2D eigenvalue weighted by atomic mass is 9.92. The highest BCUT2D eigenvalue weighted by atomic mass is 35.5. The van der Waals surface area contributed by atoms with E-state index in [2.05, 4.69) is 25.5 Å². The molecule has 0 aliphatic heterocycles. The number of hydrogen-bond donors (Lipinski definition) is 0. The van der Waals surface area contributed by atoms with Gasteiger partial charge in [-0.2, -0.15) is 0 Å². The molecule has 0 heterocycles. The topological polar surface area (TPSA) is 0 Å². The zero-order chi connectivity index (χ0) is 8.55. The summed E-state index contributed by atoms with van der Waals surface area (Å²) in [5, 5.41) is 0.829. The first-order chi connectivity index (χ1) is 5.75. The molecule has 61 valence electrons. The van der Waals surface area contributed by atoms with Gasteiger partial charge in [0, 0.05) is 11.4 Å². The molecule has 0 atom stereocenters. The van der Waals surface area contributed by atoms with Crippen LogP contribution in [-0.2, 0) is 6.42 Å². The van der Waals surface area contributed by atoms with Gasteiger partial charge in [0.25, 0.3) is 0 Å². The summed E-state index contributed by atoms with van der Waals surface area (Å²) in [6, 6.07) is 6.06. The van der Waals surface area contributed by atoms with Crippen LogP contribution in [0.1, 0.15) is 18.1 Å². The van der Waals surface area contributed by atoms with E-state index >= 15 is 0 Å². The Morgan fingerprint density at radius 3 is 3.00 bits per heavy atom. The highest BCUT2D eigenvalue weighted by Crippen LogP contribution is 2.24. The van der Waals surface area contributed by atoms with E-state index in [0.717, 1.165) is 11.4 Å². The highest BCUT2D eigenvalue weighted by molar-refractivity contribution is 6.30. The minimum absolute atomic E-state index is 0.829. The lowest BCUT2D eigenvalue weighted by Gasteiger charge is -2.13. The molecule has 0 nitrogen and oxygen atoms in total. The molecule has 1 heteroatoms. The van der Waals surface area contributed by atoms with Crippen molar-refractivity contribution in [2.75, 3.05) is 0 Å². The number of fused-ring (bicyclic) bond motifs is 1. The number of rotatable bonds is 0. The summed E-state index contributed by atoms with van der Waals surface area (Å²) in [4.78, 5) is 0. The average Bonchev–Trinajstić information content (AvgIpc) is 2.05. The Bertz CT molecular complexity index is 337. The van der Waals surface area contributed by atoms with Crippen molar-refractivity contribution in [1.29, 1.82) is 0 Å². The van der Waals surface area contributed by atoms with Crippen LogP contribution in [-0.4, -0.2) is 0 Å². The van der Waals surface area contributed by atoms with Crippen LogP contribution in [0.15, 0.2) is 29.8 Å². The normalized spacial score (nSPS) is 15.3. The van der Waals surface area contributed by atoms with Crippen molar-refractivity contribution in [1.82, 2.24) is 0 Å². The van der Waals surface area contributed by atoms with Crippen molar-refractivity contribution >= 4 is 11.6 Å². The van der Waals surface area contributed by atoms with Gasteiger partial charge in [-0.3, -0.25) is 0 Å². The Morgan fingerprint density at radius 2 is 2.17 bits per heavy atom. The van der Waals surface area contributed by atoms with E-state index in [1.807, 2.05) is 12.1 Å². The molecule has 0 spiro atoms. The van der Waals surface area contributed by atoms with Gasteiger partial charge in [0.1, 0.15) is 0 Å². The number of allylic oxidation sites excluding steroid dienone is 2. The molecule has 1 aromatic rings. The first-order valence-electron chi connectivity index (χ1n) is 4.05. The Hall–Kier alpha value is -0.750. The average molecular weight is 178 g/mol. The zero-order valence-corrected chi connectivity index (χ0v) is 7.73. The standard InChI is InChI=1S/C11H10Cl/c1-8-2-3-10-7-11(12)5-4-9(10)6-8/h2,4-7H,3H2,1H3. The fourth-order valence-electron chi connectivity index (χ4n) is 1.47. The van der Waals surface area contributed by atoms with Gasteiger partial charge >= 0.3 is 0 Å². The monoisotopic (exact) mass is 177 g/mol. The second-order valence-electron chi connectivity index (χ2n) is 3.14. The summed E-state index contributed by atoms with van der Waals surface area (Å²) in [6.45, 7) is 2.12. The molecule has 2 rings (SSSR count). The molecule has 0 amide bonds. The molecule has 1 aromatic carbocycles. The lowest BCUT2D eigenvalue weighted by Crippen LogP contribution is -1.98. The van der Waals surface area contributed by atoms with Crippen molar-refractivity contribution < 1.29 is 0 Å². The van der Waals surface area contributed by atoms with Crippen LogP contribution in [0.2, 0.25) is 5.02 Å².